The van der Waals surface area contributed by atoms with Crippen LogP contribution in [-0.4, -0.2) is 62.8 Å². The standard InChI is InChI=1S/C41H75NO6/c1-5-7-9-11-13-15-17-19-27-36-46-39(43)32-25-21-23-30-38(48-41(45)34-29-35-42(3)4)31-24-22-26-33-40(44)47-37-28-20-18-16-14-12-10-8-6-2/h19-20,27-28,38H,5-18,21-26,29-37H2,1-4H3/b27-19-,28-20-. The quantitative estimate of drug-likeness (QED) is 0.0286. The van der Waals surface area contributed by atoms with E-state index >= 15 is 0 Å². The van der Waals surface area contributed by atoms with Crippen LogP contribution in [0.2, 0.25) is 0 Å². The number of allylic oxidation sites excluding steroid dienone is 2. The van der Waals surface area contributed by atoms with E-state index in [1.165, 1.54) is 77.0 Å². The van der Waals surface area contributed by atoms with E-state index in [4.69, 9.17) is 14.2 Å². The van der Waals surface area contributed by atoms with Crippen LogP contribution < -0.4 is 0 Å². The number of ether oxygens (including phenoxy) is 3. The van der Waals surface area contributed by atoms with Crippen LogP contribution in [0.25, 0.3) is 0 Å². The summed E-state index contributed by atoms with van der Waals surface area (Å²) in [6.07, 6.45) is 34.4. The highest BCUT2D eigenvalue weighted by atomic mass is 16.5. The molecule has 0 aliphatic rings. The first kappa shape index (κ1) is 45.9. The van der Waals surface area contributed by atoms with Crippen LogP contribution in [0.4, 0.5) is 0 Å². The molecule has 0 aromatic carbocycles. The van der Waals surface area contributed by atoms with Gasteiger partial charge in [-0.3, -0.25) is 14.4 Å². The van der Waals surface area contributed by atoms with Gasteiger partial charge in [0.1, 0.15) is 19.3 Å². The molecular formula is C41H75NO6. The third-order valence-corrected chi connectivity index (χ3v) is 8.56. The largest absolute Gasteiger partial charge is 0.462 e. The van der Waals surface area contributed by atoms with Gasteiger partial charge in [0.25, 0.3) is 0 Å². The van der Waals surface area contributed by atoms with Crippen molar-refractivity contribution < 1.29 is 28.6 Å². The van der Waals surface area contributed by atoms with E-state index in [0.717, 1.165) is 77.2 Å². The summed E-state index contributed by atoms with van der Waals surface area (Å²) in [4.78, 5) is 38.8. The fraction of sp³-hybridized carbons (Fsp3) is 0.829. The first-order valence-electron chi connectivity index (χ1n) is 19.8. The molecule has 0 unspecified atom stereocenters. The summed E-state index contributed by atoms with van der Waals surface area (Å²) in [6, 6.07) is 0. The van der Waals surface area contributed by atoms with Crippen LogP contribution in [0.5, 0.6) is 0 Å². The summed E-state index contributed by atoms with van der Waals surface area (Å²) in [5.41, 5.74) is 0. The molecule has 0 aliphatic carbocycles. The van der Waals surface area contributed by atoms with Crippen molar-refractivity contribution in [3.05, 3.63) is 24.3 Å². The number of unbranched alkanes of at least 4 members (excludes halogenated alkanes) is 16. The summed E-state index contributed by atoms with van der Waals surface area (Å²) < 4.78 is 16.6. The Labute approximate surface area is 296 Å². The monoisotopic (exact) mass is 678 g/mol. The lowest BCUT2D eigenvalue weighted by Gasteiger charge is -2.18. The van der Waals surface area contributed by atoms with Crippen molar-refractivity contribution >= 4 is 17.9 Å². The minimum absolute atomic E-state index is 0.121. The molecule has 0 saturated heterocycles. The maximum Gasteiger partial charge on any atom is 0.306 e. The van der Waals surface area contributed by atoms with Gasteiger partial charge in [-0.1, -0.05) is 115 Å². The molecule has 0 heterocycles. The van der Waals surface area contributed by atoms with Crippen LogP contribution in [0.1, 0.15) is 181 Å². The summed E-state index contributed by atoms with van der Waals surface area (Å²) in [5.74, 6) is -0.431. The number of carbonyl (C=O) groups excluding carboxylic acids is 3. The Morgan fingerprint density at radius 1 is 0.500 bits per heavy atom. The van der Waals surface area contributed by atoms with E-state index in [2.05, 4.69) is 30.9 Å². The van der Waals surface area contributed by atoms with Gasteiger partial charge in [-0.2, -0.15) is 0 Å². The molecule has 0 atom stereocenters. The zero-order chi connectivity index (χ0) is 35.3. The Morgan fingerprint density at radius 2 is 0.917 bits per heavy atom. The van der Waals surface area contributed by atoms with Crippen molar-refractivity contribution in [1.29, 1.82) is 0 Å². The number of carbonyl (C=O) groups is 3. The van der Waals surface area contributed by atoms with Crippen LogP contribution in [0.3, 0.4) is 0 Å². The molecule has 0 aromatic rings. The fourth-order valence-corrected chi connectivity index (χ4v) is 5.57. The zero-order valence-electron chi connectivity index (χ0n) is 31.8. The summed E-state index contributed by atoms with van der Waals surface area (Å²) >= 11 is 0. The molecule has 0 saturated carbocycles. The van der Waals surface area contributed by atoms with Crippen molar-refractivity contribution in [1.82, 2.24) is 4.90 Å². The maximum absolute atomic E-state index is 12.5. The second kappa shape index (κ2) is 36.1. The third-order valence-electron chi connectivity index (χ3n) is 8.56. The number of rotatable bonds is 35. The molecule has 280 valence electrons. The topological polar surface area (TPSA) is 82.1 Å². The summed E-state index contributed by atoms with van der Waals surface area (Å²) in [7, 11) is 4.00. The van der Waals surface area contributed by atoms with Gasteiger partial charge in [-0.25, -0.2) is 0 Å². The molecule has 7 heteroatoms. The van der Waals surface area contributed by atoms with Gasteiger partial charge >= 0.3 is 17.9 Å². The molecule has 0 radical (unpaired) electrons. The lowest BCUT2D eigenvalue weighted by molar-refractivity contribution is -0.150. The van der Waals surface area contributed by atoms with Crippen molar-refractivity contribution in [3.8, 4) is 0 Å². The van der Waals surface area contributed by atoms with Gasteiger partial charge in [0.15, 0.2) is 0 Å². The normalized spacial score (nSPS) is 11.7. The minimum atomic E-state index is -0.147. The molecule has 7 nitrogen and oxygen atoms in total. The predicted molar refractivity (Wildman–Crippen MR) is 200 cm³/mol. The molecule has 0 aliphatic heterocycles. The van der Waals surface area contributed by atoms with E-state index in [1.54, 1.807) is 0 Å². The number of nitrogens with zero attached hydrogens (tertiary/aromatic N) is 1. The van der Waals surface area contributed by atoms with Crippen LogP contribution >= 0.6 is 0 Å². The van der Waals surface area contributed by atoms with E-state index in [9.17, 15) is 14.4 Å². The van der Waals surface area contributed by atoms with E-state index in [-0.39, 0.29) is 24.0 Å². The first-order chi connectivity index (χ1) is 23.4. The second-order valence-corrected chi connectivity index (χ2v) is 13.6. The molecule has 0 aromatic heterocycles. The van der Waals surface area contributed by atoms with Gasteiger partial charge in [0.05, 0.1) is 0 Å². The highest BCUT2D eigenvalue weighted by molar-refractivity contribution is 5.70. The van der Waals surface area contributed by atoms with Gasteiger partial charge in [-0.05, 0) is 91.3 Å². The SMILES string of the molecule is CCCCCCCC/C=C\COC(=O)CCCCCC(CCCCCC(=O)OC/C=C\CCCCCCCC)OC(=O)CCCN(C)C. The molecule has 0 rings (SSSR count). The van der Waals surface area contributed by atoms with Crippen molar-refractivity contribution in [2.45, 2.75) is 187 Å². The van der Waals surface area contributed by atoms with Gasteiger partial charge < -0.3 is 19.1 Å². The van der Waals surface area contributed by atoms with E-state index in [1.807, 2.05) is 26.2 Å². The average molecular weight is 678 g/mol. The highest BCUT2D eigenvalue weighted by Gasteiger charge is 2.15. The Kier molecular flexibility index (Phi) is 34.5. The van der Waals surface area contributed by atoms with Crippen molar-refractivity contribution in [3.63, 3.8) is 0 Å². The van der Waals surface area contributed by atoms with E-state index < -0.39 is 0 Å². The molecule has 0 N–H and O–H groups in total. The Hall–Kier alpha value is -2.15. The van der Waals surface area contributed by atoms with E-state index in [0.29, 0.717) is 32.5 Å². The minimum Gasteiger partial charge on any atom is -0.462 e. The van der Waals surface area contributed by atoms with Crippen molar-refractivity contribution in [2.24, 2.45) is 0 Å². The zero-order valence-corrected chi connectivity index (χ0v) is 31.8. The van der Waals surface area contributed by atoms with Gasteiger partial charge in [0, 0.05) is 19.3 Å². The molecule has 48 heavy (non-hydrogen) atoms. The average Bonchev–Trinajstić information content (AvgIpc) is 3.05. The van der Waals surface area contributed by atoms with Crippen LogP contribution in [0.15, 0.2) is 24.3 Å². The molecule has 0 spiro atoms. The third kappa shape index (κ3) is 35.2. The Bertz CT molecular complexity index is 757. The number of hydrogen-bond donors (Lipinski definition) is 0. The lowest BCUT2D eigenvalue weighted by Crippen LogP contribution is -2.20. The first-order valence-corrected chi connectivity index (χ1v) is 19.8. The molecule has 0 bridgehead atoms. The summed E-state index contributed by atoms with van der Waals surface area (Å²) in [6.45, 7) is 6.04. The van der Waals surface area contributed by atoms with Gasteiger partial charge in [0.2, 0.25) is 0 Å². The molecule has 0 amide bonds. The highest BCUT2D eigenvalue weighted by Crippen LogP contribution is 2.17. The molecular weight excluding hydrogens is 602 g/mol. The van der Waals surface area contributed by atoms with Gasteiger partial charge in [-0.15, -0.1) is 0 Å². The predicted octanol–water partition coefficient (Wildman–Crippen LogP) is 10.8. The Morgan fingerprint density at radius 3 is 1.38 bits per heavy atom. The maximum atomic E-state index is 12.5. The Balaban J connectivity index is 4.17. The smallest absolute Gasteiger partial charge is 0.306 e. The number of esters is 3. The molecule has 0 fully saturated rings. The van der Waals surface area contributed by atoms with Crippen LogP contribution in [0, 0.1) is 0 Å². The second-order valence-electron chi connectivity index (χ2n) is 13.6. The van der Waals surface area contributed by atoms with Crippen molar-refractivity contribution in [2.75, 3.05) is 33.9 Å². The van der Waals surface area contributed by atoms with Crippen LogP contribution in [-0.2, 0) is 28.6 Å². The lowest BCUT2D eigenvalue weighted by atomic mass is 10.0. The summed E-state index contributed by atoms with van der Waals surface area (Å²) in [5, 5.41) is 0. The fourth-order valence-electron chi connectivity index (χ4n) is 5.57. The number of hydrogen-bond acceptors (Lipinski definition) is 7.